The monoisotopic (exact) mass is 480 g/mol. The highest BCUT2D eigenvalue weighted by Crippen LogP contribution is 2.26. The molecule has 0 saturated carbocycles. The summed E-state index contributed by atoms with van der Waals surface area (Å²) < 4.78 is 6.84. The van der Waals surface area contributed by atoms with E-state index in [0.717, 1.165) is 5.56 Å². The fourth-order valence-electron chi connectivity index (χ4n) is 4.03. The second-order valence-corrected chi connectivity index (χ2v) is 8.24. The van der Waals surface area contributed by atoms with E-state index in [9.17, 15) is 9.59 Å². The van der Waals surface area contributed by atoms with Gasteiger partial charge in [0.15, 0.2) is 5.82 Å². The number of carbonyl (C=O) groups is 2. The predicted octanol–water partition coefficient (Wildman–Crippen LogP) is 3.81. The molecule has 1 aliphatic rings. The molecule has 36 heavy (non-hydrogen) atoms. The highest BCUT2D eigenvalue weighted by molar-refractivity contribution is 6.48. The minimum absolute atomic E-state index is 0.0991. The van der Waals surface area contributed by atoms with Crippen LogP contribution in [0.5, 0.6) is 5.75 Å². The molecule has 0 N–H and O–H groups in total. The Bertz CT molecular complexity index is 1430. The number of hydrazine groups is 1. The summed E-state index contributed by atoms with van der Waals surface area (Å²) in [7, 11) is 3.38. The molecular formula is C27H24N6O3. The van der Waals surface area contributed by atoms with Gasteiger partial charge in [-0.05, 0) is 43.3 Å². The van der Waals surface area contributed by atoms with Gasteiger partial charge >= 0.3 is 5.91 Å². The van der Waals surface area contributed by atoms with Gasteiger partial charge in [0.1, 0.15) is 11.5 Å². The van der Waals surface area contributed by atoms with Crippen LogP contribution in [0.3, 0.4) is 0 Å². The number of ether oxygens (including phenoxy) is 1. The van der Waals surface area contributed by atoms with E-state index in [1.54, 1.807) is 36.0 Å². The molecule has 1 aliphatic heterocycles. The lowest BCUT2D eigenvalue weighted by Crippen LogP contribution is -2.38. The molecule has 1 unspecified atom stereocenters. The number of aromatic nitrogens is 3. The summed E-state index contributed by atoms with van der Waals surface area (Å²) in [6, 6.07) is 25.5. The molecule has 5 rings (SSSR count). The van der Waals surface area contributed by atoms with Crippen molar-refractivity contribution in [2.24, 2.45) is 4.99 Å². The highest BCUT2D eigenvalue weighted by Gasteiger charge is 2.40. The van der Waals surface area contributed by atoms with Gasteiger partial charge < -0.3 is 4.74 Å². The summed E-state index contributed by atoms with van der Waals surface area (Å²) in [6.07, 6.45) is 0. The number of benzene rings is 3. The lowest BCUT2D eigenvalue weighted by atomic mass is 10.2. The zero-order valence-electron chi connectivity index (χ0n) is 20.1. The van der Waals surface area contributed by atoms with Crippen molar-refractivity contribution < 1.29 is 14.3 Å². The first-order chi connectivity index (χ1) is 17.5. The number of hydrogen-bond donors (Lipinski definition) is 0. The fourth-order valence-corrected chi connectivity index (χ4v) is 4.03. The Morgan fingerprint density at radius 3 is 2.19 bits per heavy atom. The molecule has 0 spiro atoms. The smallest absolute Gasteiger partial charge is 0.317 e. The lowest BCUT2D eigenvalue weighted by Gasteiger charge is -2.25. The van der Waals surface area contributed by atoms with E-state index in [-0.39, 0.29) is 17.4 Å². The summed E-state index contributed by atoms with van der Waals surface area (Å²) in [5, 5.41) is 7.73. The van der Waals surface area contributed by atoms with Gasteiger partial charge in [-0.3, -0.25) is 9.59 Å². The molecule has 9 heteroatoms. The summed E-state index contributed by atoms with van der Waals surface area (Å²) in [5.74, 6) is 0.0418. The second kappa shape index (κ2) is 9.55. The summed E-state index contributed by atoms with van der Waals surface area (Å²) >= 11 is 0. The van der Waals surface area contributed by atoms with Gasteiger partial charge in [0.25, 0.3) is 5.91 Å². The van der Waals surface area contributed by atoms with Crippen LogP contribution in [0.4, 0.5) is 5.69 Å². The zero-order chi connectivity index (χ0) is 25.2. The molecule has 4 aromatic rings. The van der Waals surface area contributed by atoms with Gasteiger partial charge in [-0.1, -0.05) is 48.5 Å². The largest absolute Gasteiger partial charge is 0.497 e. The van der Waals surface area contributed by atoms with E-state index < -0.39 is 11.9 Å². The number of nitrogens with zero attached hydrogens (tertiary/aromatic N) is 6. The van der Waals surface area contributed by atoms with E-state index in [1.165, 1.54) is 5.01 Å². The number of carbonyl (C=O) groups excluding carboxylic acids is 2. The van der Waals surface area contributed by atoms with Gasteiger partial charge in [-0.25, -0.2) is 24.7 Å². The molecule has 0 aliphatic carbocycles. The van der Waals surface area contributed by atoms with Crippen LogP contribution in [0.15, 0.2) is 89.9 Å². The van der Waals surface area contributed by atoms with Crippen LogP contribution in [0.25, 0.3) is 17.1 Å². The Labute approximate surface area is 208 Å². The van der Waals surface area contributed by atoms with E-state index >= 15 is 0 Å². The normalized spacial score (nSPS) is 17.1. The second-order valence-electron chi connectivity index (χ2n) is 8.24. The van der Waals surface area contributed by atoms with Crippen LogP contribution in [0.1, 0.15) is 17.5 Å². The van der Waals surface area contributed by atoms with Crippen LogP contribution in [-0.2, 0) is 4.79 Å². The molecule has 1 saturated heterocycles. The molecule has 2 amide bonds. The third-order valence-corrected chi connectivity index (χ3v) is 6.05. The molecule has 2 heterocycles. The number of amides is 2. The van der Waals surface area contributed by atoms with Crippen molar-refractivity contribution in [3.8, 4) is 22.8 Å². The Morgan fingerprint density at radius 1 is 0.917 bits per heavy atom. The molecule has 3 aromatic carbocycles. The molecular weight excluding hydrogens is 456 g/mol. The molecule has 180 valence electrons. The maximum absolute atomic E-state index is 13.2. The van der Waals surface area contributed by atoms with Gasteiger partial charge in [-0.2, -0.15) is 0 Å². The summed E-state index contributed by atoms with van der Waals surface area (Å²) in [5.41, 5.74) is 2.32. The number of anilines is 1. The first kappa shape index (κ1) is 23.1. The predicted molar refractivity (Wildman–Crippen MR) is 136 cm³/mol. The number of methoxy groups -OCH3 is 1. The third kappa shape index (κ3) is 4.16. The average molecular weight is 481 g/mol. The van der Waals surface area contributed by atoms with Crippen molar-refractivity contribution in [1.82, 2.24) is 19.8 Å². The van der Waals surface area contributed by atoms with Crippen LogP contribution in [0, 0.1) is 0 Å². The topological polar surface area (TPSA) is 92.9 Å². The number of hydrogen-bond acceptors (Lipinski definition) is 6. The van der Waals surface area contributed by atoms with Crippen LogP contribution in [-0.4, -0.2) is 57.5 Å². The number of aliphatic imine (C=N–C) groups is 1. The van der Waals surface area contributed by atoms with E-state index in [2.05, 4.69) is 15.1 Å². The Hall–Kier alpha value is -4.63. The Kier molecular flexibility index (Phi) is 6.14. The quantitative estimate of drug-likeness (QED) is 0.431. The minimum atomic E-state index is -0.682. The van der Waals surface area contributed by atoms with Gasteiger partial charge in [0.05, 0.1) is 24.5 Å². The molecule has 0 bridgehead atoms. The summed E-state index contributed by atoms with van der Waals surface area (Å²) in [6.45, 7) is 1.83. The first-order valence-corrected chi connectivity index (χ1v) is 11.4. The van der Waals surface area contributed by atoms with Gasteiger partial charge in [0, 0.05) is 12.6 Å². The van der Waals surface area contributed by atoms with Crippen molar-refractivity contribution in [3.63, 3.8) is 0 Å². The molecule has 1 atom stereocenters. The van der Waals surface area contributed by atoms with Crippen LogP contribution >= 0.6 is 0 Å². The van der Waals surface area contributed by atoms with Gasteiger partial charge in [0.2, 0.25) is 5.82 Å². The Morgan fingerprint density at radius 2 is 1.56 bits per heavy atom. The Balaban J connectivity index is 1.53. The van der Waals surface area contributed by atoms with Crippen LogP contribution < -0.4 is 9.75 Å². The standard InChI is InChI=1S/C27H24N6O3/c1-18-23(27(35)33(31(18)2)21-12-8-5-9-13-21)28-26(34)24-29-25(19-10-6-4-7-11-19)32(30-24)20-14-16-22(36-3)17-15-20/h4-18H,1-3H3. The third-order valence-electron chi connectivity index (χ3n) is 6.05. The van der Waals surface area contributed by atoms with Gasteiger partial charge in [-0.15, -0.1) is 5.10 Å². The fraction of sp³-hybridized carbons (Fsp3) is 0.148. The van der Waals surface area contributed by atoms with Crippen LogP contribution in [0.2, 0.25) is 0 Å². The summed E-state index contributed by atoms with van der Waals surface area (Å²) in [4.78, 5) is 35.2. The van der Waals surface area contributed by atoms with Crippen molar-refractivity contribution in [3.05, 3.63) is 90.8 Å². The van der Waals surface area contributed by atoms with E-state index in [1.807, 2.05) is 79.7 Å². The molecule has 0 radical (unpaired) electrons. The molecule has 1 aromatic heterocycles. The zero-order valence-corrected chi connectivity index (χ0v) is 20.1. The SMILES string of the molecule is COc1ccc(-n2nc(C(=O)N=C3C(=O)N(c4ccccc4)N(C)C3C)nc2-c2ccccc2)cc1. The number of rotatable bonds is 5. The molecule has 1 fully saturated rings. The lowest BCUT2D eigenvalue weighted by molar-refractivity contribution is -0.113. The first-order valence-electron chi connectivity index (χ1n) is 11.4. The maximum atomic E-state index is 13.2. The highest BCUT2D eigenvalue weighted by atomic mass is 16.5. The van der Waals surface area contributed by atoms with E-state index in [4.69, 9.17) is 4.74 Å². The maximum Gasteiger partial charge on any atom is 0.317 e. The van der Waals surface area contributed by atoms with Crippen molar-refractivity contribution in [2.45, 2.75) is 13.0 Å². The molecule has 9 nitrogen and oxygen atoms in total. The van der Waals surface area contributed by atoms with Crippen molar-refractivity contribution in [2.75, 3.05) is 19.2 Å². The van der Waals surface area contributed by atoms with Crippen molar-refractivity contribution in [1.29, 1.82) is 0 Å². The minimum Gasteiger partial charge on any atom is -0.497 e. The number of para-hydroxylation sites is 1. The average Bonchev–Trinajstić information content (AvgIpc) is 3.46. The van der Waals surface area contributed by atoms with E-state index in [0.29, 0.717) is 22.9 Å². The van der Waals surface area contributed by atoms with Crippen molar-refractivity contribution >= 4 is 23.2 Å².